The van der Waals surface area contributed by atoms with Gasteiger partial charge in [-0.15, -0.1) is 0 Å². The van der Waals surface area contributed by atoms with E-state index >= 15 is 8.78 Å². The van der Waals surface area contributed by atoms with E-state index in [2.05, 4.69) is 15.0 Å². The molecule has 1 aliphatic rings. The second-order valence-corrected chi connectivity index (χ2v) is 19.9. The lowest BCUT2D eigenvalue weighted by Gasteiger charge is -2.33. The molecule has 0 saturated heterocycles. The van der Waals surface area contributed by atoms with Crippen LogP contribution in [0.1, 0.15) is 76.8 Å². The minimum absolute atomic E-state index is 0.0153. The highest BCUT2D eigenvalue weighted by Gasteiger charge is 2.39. The minimum Gasteiger partial charge on any atom is -0.497 e. The summed E-state index contributed by atoms with van der Waals surface area (Å²) >= 11 is 15.9. The molecule has 1 atom stereocenters. The number of halogens is 5. The van der Waals surface area contributed by atoms with Gasteiger partial charge in [-0.1, -0.05) is 41.9 Å². The monoisotopic (exact) mass is 1080 g/mol. The van der Waals surface area contributed by atoms with Crippen molar-refractivity contribution in [2.75, 3.05) is 42.1 Å². The summed E-state index contributed by atoms with van der Waals surface area (Å²) in [5.41, 5.74) is 0.395. The van der Waals surface area contributed by atoms with E-state index in [9.17, 15) is 9.59 Å². The lowest BCUT2D eigenvalue weighted by molar-refractivity contribution is 0.0428. The number of rotatable bonds is 11. The number of methoxy groups -OCH3 is 2. The Bertz CT molecular complexity index is 2800. The number of aryl methyl sites for hydroxylation is 1. The maximum Gasteiger partial charge on any atom is 0.425 e. The molecule has 0 radical (unpaired) electrons. The summed E-state index contributed by atoms with van der Waals surface area (Å²) in [6, 6.07) is 19.3. The van der Waals surface area contributed by atoms with Gasteiger partial charge in [0.1, 0.15) is 40.6 Å². The van der Waals surface area contributed by atoms with E-state index < -0.39 is 41.1 Å². The number of hydrogen-bond donors (Lipinski definition) is 0. The Kier molecular flexibility index (Phi) is 14.8. The number of pyridine rings is 1. The molecule has 2 amide bonds. The molecule has 0 aliphatic carbocycles. The Morgan fingerprint density at radius 2 is 1.41 bits per heavy atom. The first-order valence-electron chi connectivity index (χ1n) is 21.6. The summed E-state index contributed by atoms with van der Waals surface area (Å²) in [7, 11) is 3.17. The zero-order valence-electron chi connectivity index (χ0n) is 39.3. The van der Waals surface area contributed by atoms with Crippen LogP contribution in [0, 0.1) is 22.1 Å². The summed E-state index contributed by atoms with van der Waals surface area (Å²) in [5, 5.41) is -0.439. The number of amides is 2. The van der Waals surface area contributed by atoms with Gasteiger partial charge in [0, 0.05) is 39.5 Å². The van der Waals surface area contributed by atoms with Crippen molar-refractivity contribution in [3.63, 3.8) is 0 Å². The molecule has 4 aromatic carbocycles. The van der Waals surface area contributed by atoms with Crippen LogP contribution in [0.15, 0.2) is 72.9 Å². The maximum atomic E-state index is 17.8. The molecule has 358 valence electrons. The third kappa shape index (κ3) is 10.6. The third-order valence-corrected chi connectivity index (χ3v) is 12.8. The van der Waals surface area contributed by atoms with Gasteiger partial charge in [0.2, 0.25) is 5.28 Å². The van der Waals surface area contributed by atoms with Crippen molar-refractivity contribution in [2.45, 2.75) is 85.7 Å². The maximum absolute atomic E-state index is 17.8. The predicted octanol–water partition coefficient (Wildman–Crippen LogP) is 13.1. The van der Waals surface area contributed by atoms with Gasteiger partial charge in [-0.25, -0.2) is 28.3 Å². The number of benzene rings is 4. The number of carbonyl (C=O) groups is 2. The molecule has 6 aromatic rings. The Hall–Kier alpha value is -5.72. The molecule has 0 unspecified atom stereocenters. The second-order valence-electron chi connectivity index (χ2n) is 18.1. The fourth-order valence-electron chi connectivity index (χ4n) is 7.80. The van der Waals surface area contributed by atoms with Gasteiger partial charge in [0.25, 0.3) is 0 Å². The fraction of sp³-hybridized carbons (Fsp3) is 0.340. The third-order valence-electron chi connectivity index (χ3n) is 10.9. The SMILES string of the molecule is COc1ccc(CN(Cc2ccc(OC)cc2)c2cc(C)c(I)c(-c3c(Cl)c4c5c(nc(Cl)nc5c3F)N([C@H](C)c3cccnc3N(C(=O)OC(C)(C)C)C(=O)OC(C)(C)C)CCO4)c2F)cc1. The van der Waals surface area contributed by atoms with Crippen LogP contribution in [0.4, 0.5) is 35.7 Å². The van der Waals surface area contributed by atoms with E-state index in [1.165, 1.54) is 6.20 Å². The van der Waals surface area contributed by atoms with E-state index in [1.807, 2.05) is 82.9 Å². The number of carbonyl (C=O) groups excluding carboxylic acids is 2. The quantitative estimate of drug-likeness (QED) is 0.0905. The highest BCUT2D eigenvalue weighted by molar-refractivity contribution is 14.1. The second kappa shape index (κ2) is 20.1. The van der Waals surface area contributed by atoms with Crippen molar-refractivity contribution in [1.82, 2.24) is 15.0 Å². The molecule has 3 heterocycles. The van der Waals surface area contributed by atoms with Crippen LogP contribution >= 0.6 is 45.8 Å². The fourth-order valence-corrected chi connectivity index (χ4v) is 8.96. The van der Waals surface area contributed by atoms with Crippen LogP contribution in [0.5, 0.6) is 17.2 Å². The Morgan fingerprint density at radius 1 is 0.853 bits per heavy atom. The summed E-state index contributed by atoms with van der Waals surface area (Å²) in [5.74, 6) is -0.250. The molecular weight excluding hydrogens is 1030 g/mol. The van der Waals surface area contributed by atoms with E-state index in [1.54, 1.807) is 85.8 Å². The van der Waals surface area contributed by atoms with Gasteiger partial charge >= 0.3 is 12.2 Å². The van der Waals surface area contributed by atoms with Crippen LogP contribution in [-0.4, -0.2) is 65.7 Å². The Balaban J connectivity index is 1.37. The number of anilines is 3. The van der Waals surface area contributed by atoms with Crippen LogP contribution in [0.25, 0.3) is 22.0 Å². The largest absolute Gasteiger partial charge is 0.497 e. The smallest absolute Gasteiger partial charge is 0.425 e. The number of ether oxygens (including phenoxy) is 5. The van der Waals surface area contributed by atoms with Crippen LogP contribution < -0.4 is 28.9 Å². The molecule has 0 N–H and O–H groups in total. The minimum atomic E-state index is -1.01. The average Bonchev–Trinajstić information content (AvgIpc) is 3.47. The Labute approximate surface area is 417 Å². The molecule has 0 bridgehead atoms. The standard InChI is InChI=1S/C50H51Cl2F2IN6O7/c1-27-24-34(59(25-29-13-17-31(64-9)18-14-29)26-30-15-19-32(65-10)20-16-30)39(53)36(41(27)55)35-38(51)43-37-42(40(35)54)57-46(52)58-45(37)60(22-23-66-43)28(2)33-12-11-21-56-44(33)61(47(62)67-49(3,4)5)48(63)68-50(6,7)8/h11-21,24,28H,22-23,25-26H2,1-10H3/t28-/m1/s1. The van der Waals surface area contributed by atoms with Gasteiger partial charge in [-0.3, -0.25) is 0 Å². The predicted molar refractivity (Wildman–Crippen MR) is 269 cm³/mol. The number of nitrogens with zero attached hydrogens (tertiary/aromatic N) is 6. The molecule has 18 heteroatoms. The van der Waals surface area contributed by atoms with Gasteiger partial charge in [0.05, 0.1) is 42.9 Å². The summed E-state index contributed by atoms with van der Waals surface area (Å²) in [4.78, 5) is 45.4. The van der Waals surface area contributed by atoms with Crippen molar-refractivity contribution in [3.05, 3.63) is 121 Å². The first kappa shape index (κ1) is 50.2. The van der Waals surface area contributed by atoms with E-state index in [0.29, 0.717) is 26.2 Å². The lowest BCUT2D eigenvalue weighted by atomic mass is 9.97. The van der Waals surface area contributed by atoms with E-state index in [4.69, 9.17) is 46.9 Å². The van der Waals surface area contributed by atoms with Crippen LogP contribution in [0.2, 0.25) is 10.3 Å². The normalized spacial score (nSPS) is 13.1. The first-order chi connectivity index (χ1) is 32.1. The molecule has 1 aliphatic heterocycles. The topological polar surface area (TPSA) is 129 Å². The molecule has 7 rings (SSSR count). The highest BCUT2D eigenvalue weighted by atomic mass is 127. The molecule has 13 nitrogen and oxygen atoms in total. The van der Waals surface area contributed by atoms with Crippen LogP contribution in [-0.2, 0) is 22.6 Å². The molecule has 0 fully saturated rings. The van der Waals surface area contributed by atoms with Gasteiger partial charge in [0.15, 0.2) is 23.2 Å². The van der Waals surface area contributed by atoms with E-state index in [-0.39, 0.29) is 81.6 Å². The molecule has 0 spiro atoms. The van der Waals surface area contributed by atoms with Crippen molar-refractivity contribution in [2.24, 2.45) is 0 Å². The van der Waals surface area contributed by atoms with Gasteiger partial charge in [-0.2, -0.15) is 9.88 Å². The van der Waals surface area contributed by atoms with Crippen molar-refractivity contribution >= 4 is 86.2 Å². The van der Waals surface area contributed by atoms with Crippen molar-refractivity contribution < 1.29 is 42.1 Å². The average molecular weight is 1080 g/mol. The highest BCUT2D eigenvalue weighted by Crippen LogP contribution is 2.51. The zero-order valence-corrected chi connectivity index (χ0v) is 42.9. The van der Waals surface area contributed by atoms with Gasteiger partial charge < -0.3 is 33.5 Å². The lowest BCUT2D eigenvalue weighted by Crippen LogP contribution is -2.45. The zero-order chi connectivity index (χ0) is 49.4. The molecular formula is C50H51Cl2F2IN6O7. The molecule has 2 aromatic heterocycles. The number of hydrogen-bond acceptors (Lipinski definition) is 12. The molecule has 0 saturated carbocycles. The number of aromatic nitrogens is 3. The summed E-state index contributed by atoms with van der Waals surface area (Å²) in [6.45, 7) is 14.3. The number of imide groups is 1. The van der Waals surface area contributed by atoms with Crippen molar-refractivity contribution in [1.29, 1.82) is 0 Å². The van der Waals surface area contributed by atoms with Crippen molar-refractivity contribution in [3.8, 4) is 28.4 Å². The summed E-state index contributed by atoms with van der Waals surface area (Å²) < 4.78 is 64.4. The first-order valence-corrected chi connectivity index (χ1v) is 23.4. The van der Waals surface area contributed by atoms with Gasteiger partial charge in [-0.05, 0) is 143 Å². The van der Waals surface area contributed by atoms with Crippen LogP contribution in [0.3, 0.4) is 0 Å². The molecule has 68 heavy (non-hydrogen) atoms. The van der Waals surface area contributed by atoms with E-state index in [0.717, 1.165) is 16.0 Å². The Morgan fingerprint density at radius 3 is 1.94 bits per heavy atom. The summed E-state index contributed by atoms with van der Waals surface area (Å²) in [6.07, 6.45) is -0.592.